The molecule has 22 heavy (non-hydrogen) atoms. The standard InChI is InChI=1S/C16H19N3O3/c1-11-10-19(7-8-22-11)15(20)9-14-12-5-3-4-6-13(12)16(21)18(2)17-14/h3-6,11H,7-10H2,1-2H3. The number of hydrogen-bond donors (Lipinski definition) is 0. The summed E-state index contributed by atoms with van der Waals surface area (Å²) in [6.07, 6.45) is 0.254. The number of amides is 1. The molecule has 0 bridgehead atoms. The monoisotopic (exact) mass is 301 g/mol. The quantitative estimate of drug-likeness (QED) is 0.820. The maximum atomic E-state index is 12.5. The Morgan fingerprint density at radius 1 is 1.36 bits per heavy atom. The summed E-state index contributed by atoms with van der Waals surface area (Å²) in [6, 6.07) is 7.28. The van der Waals surface area contributed by atoms with Crippen molar-refractivity contribution in [1.29, 1.82) is 0 Å². The summed E-state index contributed by atoms with van der Waals surface area (Å²) in [6.45, 7) is 3.73. The first-order chi connectivity index (χ1) is 10.6. The first kappa shape index (κ1) is 14.7. The maximum Gasteiger partial charge on any atom is 0.274 e. The lowest BCUT2D eigenvalue weighted by molar-refractivity contribution is -0.137. The normalized spacial score (nSPS) is 18.6. The van der Waals surface area contributed by atoms with Gasteiger partial charge in [-0.05, 0) is 13.0 Å². The lowest BCUT2D eigenvalue weighted by atomic mass is 10.1. The van der Waals surface area contributed by atoms with Gasteiger partial charge in [0.25, 0.3) is 5.56 Å². The summed E-state index contributed by atoms with van der Waals surface area (Å²) >= 11 is 0. The van der Waals surface area contributed by atoms with Crippen molar-refractivity contribution in [3.63, 3.8) is 0 Å². The van der Waals surface area contributed by atoms with E-state index in [1.54, 1.807) is 18.0 Å². The molecule has 0 spiro atoms. The van der Waals surface area contributed by atoms with Crippen LogP contribution in [0.3, 0.4) is 0 Å². The van der Waals surface area contributed by atoms with Gasteiger partial charge in [0.05, 0.1) is 30.2 Å². The van der Waals surface area contributed by atoms with E-state index in [9.17, 15) is 9.59 Å². The molecule has 0 N–H and O–H groups in total. The van der Waals surface area contributed by atoms with E-state index < -0.39 is 0 Å². The molecule has 1 amide bonds. The molecule has 116 valence electrons. The maximum absolute atomic E-state index is 12.5. The average Bonchev–Trinajstić information content (AvgIpc) is 2.52. The topological polar surface area (TPSA) is 64.4 Å². The first-order valence-electron chi connectivity index (χ1n) is 7.40. The van der Waals surface area contributed by atoms with Gasteiger partial charge < -0.3 is 9.64 Å². The van der Waals surface area contributed by atoms with Gasteiger partial charge in [-0.25, -0.2) is 4.68 Å². The van der Waals surface area contributed by atoms with Crippen LogP contribution in [-0.4, -0.2) is 46.4 Å². The Hall–Kier alpha value is -2.21. The first-order valence-corrected chi connectivity index (χ1v) is 7.40. The lowest BCUT2D eigenvalue weighted by Crippen LogP contribution is -2.45. The van der Waals surface area contributed by atoms with Crippen LogP contribution in [0.4, 0.5) is 0 Å². The van der Waals surface area contributed by atoms with E-state index >= 15 is 0 Å². The zero-order chi connectivity index (χ0) is 15.7. The summed E-state index contributed by atoms with van der Waals surface area (Å²) in [7, 11) is 1.61. The summed E-state index contributed by atoms with van der Waals surface area (Å²) in [5, 5.41) is 5.63. The highest BCUT2D eigenvalue weighted by molar-refractivity contribution is 5.88. The van der Waals surface area contributed by atoms with Crippen LogP contribution in [0.2, 0.25) is 0 Å². The molecule has 6 nitrogen and oxygen atoms in total. The molecule has 1 aromatic heterocycles. The van der Waals surface area contributed by atoms with Crippen LogP contribution in [0.15, 0.2) is 29.1 Å². The number of morpholine rings is 1. The Morgan fingerprint density at radius 3 is 2.82 bits per heavy atom. The molecule has 1 atom stereocenters. The summed E-state index contributed by atoms with van der Waals surface area (Å²) < 4.78 is 6.76. The molecule has 1 unspecified atom stereocenters. The molecule has 3 rings (SSSR count). The highest BCUT2D eigenvalue weighted by atomic mass is 16.5. The number of carbonyl (C=O) groups is 1. The molecule has 2 heterocycles. The van der Waals surface area contributed by atoms with Gasteiger partial charge in [0.2, 0.25) is 5.91 Å². The minimum absolute atomic E-state index is 0.0199. The molecular formula is C16H19N3O3. The van der Waals surface area contributed by atoms with Crippen molar-refractivity contribution in [3.8, 4) is 0 Å². The van der Waals surface area contributed by atoms with Gasteiger partial charge in [-0.15, -0.1) is 0 Å². The number of ether oxygens (including phenoxy) is 1. The van der Waals surface area contributed by atoms with Gasteiger partial charge in [-0.3, -0.25) is 9.59 Å². The molecule has 1 fully saturated rings. The lowest BCUT2D eigenvalue weighted by Gasteiger charge is -2.31. The number of nitrogens with zero attached hydrogens (tertiary/aromatic N) is 3. The summed E-state index contributed by atoms with van der Waals surface area (Å²) in [4.78, 5) is 26.4. The Kier molecular flexibility index (Phi) is 3.94. The third kappa shape index (κ3) is 2.74. The van der Waals surface area contributed by atoms with E-state index in [0.717, 1.165) is 5.39 Å². The van der Waals surface area contributed by atoms with E-state index in [0.29, 0.717) is 30.8 Å². The van der Waals surface area contributed by atoms with Crippen LogP contribution in [0.25, 0.3) is 10.8 Å². The van der Waals surface area contributed by atoms with Crippen LogP contribution >= 0.6 is 0 Å². The van der Waals surface area contributed by atoms with Gasteiger partial charge in [0.1, 0.15) is 0 Å². The molecule has 6 heteroatoms. The Labute approximate surface area is 128 Å². The number of fused-ring (bicyclic) bond motifs is 1. The van der Waals surface area contributed by atoms with Crippen LogP contribution < -0.4 is 5.56 Å². The molecule has 1 aromatic carbocycles. The van der Waals surface area contributed by atoms with E-state index in [1.165, 1.54) is 4.68 Å². The van der Waals surface area contributed by atoms with E-state index in [1.807, 2.05) is 25.1 Å². The van der Waals surface area contributed by atoms with Crippen molar-refractivity contribution >= 4 is 16.7 Å². The largest absolute Gasteiger partial charge is 0.375 e. The second-order valence-corrected chi connectivity index (χ2v) is 5.62. The number of benzene rings is 1. The molecule has 1 saturated heterocycles. The number of hydrogen-bond acceptors (Lipinski definition) is 4. The van der Waals surface area contributed by atoms with Gasteiger partial charge in [0, 0.05) is 25.5 Å². The third-order valence-electron chi connectivity index (χ3n) is 3.95. The number of aromatic nitrogens is 2. The zero-order valence-electron chi connectivity index (χ0n) is 12.8. The second kappa shape index (κ2) is 5.88. The van der Waals surface area contributed by atoms with Crippen LogP contribution in [0.5, 0.6) is 0 Å². The molecule has 0 aliphatic carbocycles. The molecule has 2 aromatic rings. The predicted octanol–water partition coefficient (Wildman–Crippen LogP) is 0.723. The predicted molar refractivity (Wildman–Crippen MR) is 82.7 cm³/mol. The number of rotatable bonds is 2. The zero-order valence-corrected chi connectivity index (χ0v) is 12.8. The number of aryl methyl sites for hydroxylation is 1. The third-order valence-corrected chi connectivity index (χ3v) is 3.95. The molecule has 1 aliphatic heterocycles. The van der Waals surface area contributed by atoms with E-state index in [2.05, 4.69) is 5.10 Å². The van der Waals surface area contributed by atoms with Crippen LogP contribution in [0, 0.1) is 0 Å². The Morgan fingerprint density at radius 2 is 2.09 bits per heavy atom. The van der Waals surface area contributed by atoms with Gasteiger partial charge in [0.15, 0.2) is 0 Å². The van der Waals surface area contributed by atoms with Crippen LogP contribution in [0.1, 0.15) is 12.6 Å². The van der Waals surface area contributed by atoms with Crippen molar-refractivity contribution in [1.82, 2.24) is 14.7 Å². The van der Waals surface area contributed by atoms with Crippen LogP contribution in [-0.2, 0) is 23.0 Å². The fourth-order valence-electron chi connectivity index (χ4n) is 2.81. The summed E-state index contributed by atoms with van der Waals surface area (Å²) in [5.41, 5.74) is 0.494. The molecule has 1 aliphatic rings. The number of carbonyl (C=O) groups excluding carboxylic acids is 1. The molecule has 0 saturated carbocycles. The minimum atomic E-state index is -0.146. The van der Waals surface area contributed by atoms with E-state index in [4.69, 9.17) is 4.74 Å². The summed E-state index contributed by atoms with van der Waals surface area (Å²) in [5.74, 6) is 0.0199. The Balaban J connectivity index is 1.92. The van der Waals surface area contributed by atoms with Crippen molar-refractivity contribution in [2.45, 2.75) is 19.4 Å². The fraction of sp³-hybridized carbons (Fsp3) is 0.438. The smallest absolute Gasteiger partial charge is 0.274 e. The van der Waals surface area contributed by atoms with Crippen molar-refractivity contribution in [2.75, 3.05) is 19.7 Å². The average molecular weight is 301 g/mol. The van der Waals surface area contributed by atoms with Crippen molar-refractivity contribution in [3.05, 3.63) is 40.3 Å². The molecule has 0 radical (unpaired) electrons. The van der Waals surface area contributed by atoms with Gasteiger partial charge in [-0.2, -0.15) is 5.10 Å². The van der Waals surface area contributed by atoms with Gasteiger partial charge in [-0.1, -0.05) is 18.2 Å². The molecular weight excluding hydrogens is 282 g/mol. The van der Waals surface area contributed by atoms with E-state index in [-0.39, 0.29) is 24.0 Å². The minimum Gasteiger partial charge on any atom is -0.375 e. The highest BCUT2D eigenvalue weighted by Gasteiger charge is 2.22. The Bertz CT molecular complexity index is 769. The second-order valence-electron chi connectivity index (χ2n) is 5.62. The van der Waals surface area contributed by atoms with Crippen molar-refractivity contribution in [2.24, 2.45) is 7.05 Å². The highest BCUT2D eigenvalue weighted by Crippen LogP contribution is 2.15. The SMILES string of the molecule is CC1CN(C(=O)Cc2nn(C)c(=O)c3ccccc23)CCO1. The van der Waals surface area contributed by atoms with Crippen molar-refractivity contribution < 1.29 is 9.53 Å². The fourth-order valence-corrected chi connectivity index (χ4v) is 2.81. The van der Waals surface area contributed by atoms with Gasteiger partial charge >= 0.3 is 0 Å².